The first-order chi connectivity index (χ1) is 3.81. The molecule has 0 aromatic rings. The third-order valence-electron chi connectivity index (χ3n) is 0.516. The summed E-state index contributed by atoms with van der Waals surface area (Å²) in [6, 6.07) is 0. The highest BCUT2D eigenvalue weighted by Gasteiger charge is 1.75. The maximum Gasteiger partial charge on any atom is 0.0655 e. The Kier molecular flexibility index (Phi) is 5.52. The van der Waals surface area contributed by atoms with Gasteiger partial charge < -0.3 is 4.84 Å². The number of halogens is 2. The summed E-state index contributed by atoms with van der Waals surface area (Å²) in [7, 11) is 0. The quantitative estimate of drug-likeness (QED) is 0.449. The van der Waals surface area contributed by atoms with Crippen LogP contribution in [0.3, 0.4) is 0 Å². The van der Waals surface area contributed by atoms with Gasteiger partial charge in [-0.15, -0.1) is 0 Å². The summed E-state index contributed by atoms with van der Waals surface area (Å²) >= 11 is 7.17. The summed E-state index contributed by atoms with van der Waals surface area (Å²) in [4.78, 5) is 6.24. The molecule has 0 aromatic carbocycles. The molecule has 0 saturated carbocycles. The lowest BCUT2D eigenvalue weighted by Gasteiger charge is -1.85. The van der Waals surface area contributed by atoms with Crippen LogP contribution in [0.5, 0.6) is 0 Å². The predicted molar refractivity (Wildman–Crippen MR) is 45.3 cm³/mol. The van der Waals surface area contributed by atoms with Gasteiger partial charge in [0.25, 0.3) is 0 Å². The van der Waals surface area contributed by atoms with E-state index in [0.29, 0.717) is 0 Å². The minimum absolute atomic E-state index is 0.856. The minimum atomic E-state index is 0.856. The van der Waals surface area contributed by atoms with Crippen molar-refractivity contribution in [2.75, 3.05) is 0 Å². The number of hydrogen-bond donors (Lipinski definition) is 1. The fraction of sp³-hybridized carbons (Fsp3) is 0.250. The van der Waals surface area contributed by atoms with Crippen LogP contribution in [0.2, 0.25) is 0 Å². The van der Waals surface area contributed by atoms with E-state index in [2.05, 4.69) is 9.83 Å². The molecule has 0 aliphatic carbocycles. The molecule has 0 amide bonds. The standard InChI is InChI=1S/C4H6ClIN2/c1-4(2-8-5)7-3-6/h2-3,8H,1H3/b4-2-,7-3-. The van der Waals surface area contributed by atoms with Gasteiger partial charge in [-0.3, -0.25) is 4.99 Å². The Hall–Kier alpha value is 0.230. The van der Waals surface area contributed by atoms with Crippen LogP contribution in [-0.4, -0.2) is 4.22 Å². The molecule has 1 N–H and O–H groups in total. The van der Waals surface area contributed by atoms with Crippen molar-refractivity contribution in [1.29, 1.82) is 0 Å². The Bertz CT molecular complexity index is 111. The van der Waals surface area contributed by atoms with Crippen LogP contribution >= 0.6 is 34.4 Å². The molecule has 0 aliphatic heterocycles. The number of nitrogens with zero attached hydrogens (tertiary/aromatic N) is 1. The van der Waals surface area contributed by atoms with Gasteiger partial charge in [0, 0.05) is 18.0 Å². The highest BCUT2D eigenvalue weighted by molar-refractivity contribution is 14.1. The fourth-order valence-corrected chi connectivity index (χ4v) is 0.790. The van der Waals surface area contributed by atoms with E-state index >= 15 is 0 Å². The third-order valence-corrected chi connectivity index (χ3v) is 0.904. The third kappa shape index (κ3) is 4.39. The first kappa shape index (κ1) is 8.23. The van der Waals surface area contributed by atoms with Crippen molar-refractivity contribution < 1.29 is 0 Å². The molecule has 0 rings (SSSR count). The smallest absolute Gasteiger partial charge is 0.0655 e. The zero-order chi connectivity index (χ0) is 6.41. The van der Waals surface area contributed by atoms with Gasteiger partial charge in [-0.1, -0.05) is 0 Å². The van der Waals surface area contributed by atoms with Crippen LogP contribution in [0.1, 0.15) is 6.92 Å². The molecule has 46 valence electrons. The lowest BCUT2D eigenvalue weighted by molar-refractivity contribution is 1.23. The summed E-state index contributed by atoms with van der Waals surface area (Å²) in [5, 5.41) is 0. The highest BCUT2D eigenvalue weighted by atomic mass is 127. The molecular formula is C4H6ClIN2. The number of allylic oxidation sites excluding steroid dienone is 1. The fourth-order valence-electron chi connectivity index (χ4n) is 0.193. The van der Waals surface area contributed by atoms with Crippen LogP contribution in [0.15, 0.2) is 16.9 Å². The van der Waals surface area contributed by atoms with E-state index in [9.17, 15) is 0 Å². The van der Waals surface area contributed by atoms with E-state index in [1.807, 2.05) is 29.5 Å². The summed E-state index contributed by atoms with van der Waals surface area (Å²) in [6.07, 6.45) is 1.61. The topological polar surface area (TPSA) is 24.4 Å². The largest absolute Gasteiger partial charge is 0.304 e. The zero-order valence-electron chi connectivity index (χ0n) is 4.36. The van der Waals surface area contributed by atoms with Crippen LogP contribution in [-0.2, 0) is 0 Å². The Morgan fingerprint density at radius 2 is 2.50 bits per heavy atom. The number of hydrogen-bond acceptors (Lipinski definition) is 2. The van der Waals surface area contributed by atoms with Crippen LogP contribution in [0.4, 0.5) is 0 Å². The minimum Gasteiger partial charge on any atom is -0.304 e. The second-order valence-corrected chi connectivity index (χ2v) is 1.90. The van der Waals surface area contributed by atoms with E-state index in [1.54, 1.807) is 10.4 Å². The van der Waals surface area contributed by atoms with Gasteiger partial charge in [-0.05, 0) is 29.5 Å². The van der Waals surface area contributed by atoms with E-state index in [0.717, 1.165) is 5.70 Å². The van der Waals surface area contributed by atoms with Crippen LogP contribution in [0, 0.1) is 0 Å². The van der Waals surface area contributed by atoms with Crippen molar-refractivity contribution >= 4 is 38.6 Å². The van der Waals surface area contributed by atoms with Crippen molar-refractivity contribution in [3.05, 3.63) is 11.9 Å². The Morgan fingerprint density at radius 1 is 1.88 bits per heavy atom. The molecule has 0 heterocycles. The summed E-state index contributed by atoms with van der Waals surface area (Å²) in [5.74, 6) is 0. The van der Waals surface area contributed by atoms with Gasteiger partial charge in [0.05, 0.1) is 9.92 Å². The lowest BCUT2D eigenvalue weighted by atomic mass is 10.6. The molecule has 0 aromatic heterocycles. The molecule has 8 heavy (non-hydrogen) atoms. The van der Waals surface area contributed by atoms with E-state index < -0.39 is 0 Å². The van der Waals surface area contributed by atoms with Gasteiger partial charge in [0.15, 0.2) is 0 Å². The molecular weight excluding hydrogens is 238 g/mol. The van der Waals surface area contributed by atoms with Crippen LogP contribution in [0.25, 0.3) is 0 Å². The molecule has 4 heteroatoms. The molecule has 0 bridgehead atoms. The molecule has 0 fully saturated rings. The van der Waals surface area contributed by atoms with Crippen molar-refractivity contribution in [2.45, 2.75) is 6.92 Å². The van der Waals surface area contributed by atoms with Crippen molar-refractivity contribution in [3.8, 4) is 0 Å². The predicted octanol–water partition coefficient (Wildman–Crippen LogP) is 2.05. The van der Waals surface area contributed by atoms with Crippen molar-refractivity contribution in [3.63, 3.8) is 0 Å². The van der Waals surface area contributed by atoms with E-state index in [1.165, 1.54) is 0 Å². The monoisotopic (exact) mass is 244 g/mol. The Balaban J connectivity index is 3.61. The lowest BCUT2D eigenvalue weighted by Crippen LogP contribution is -1.83. The maximum atomic E-state index is 5.13. The Labute approximate surface area is 67.3 Å². The zero-order valence-corrected chi connectivity index (χ0v) is 7.27. The highest BCUT2D eigenvalue weighted by Crippen LogP contribution is 1.91. The SMILES string of the molecule is CC(=C/NCl)/N=C\I. The number of aliphatic imine (C=N–C) groups is 1. The van der Waals surface area contributed by atoms with Gasteiger partial charge in [-0.2, -0.15) is 0 Å². The molecule has 0 atom stereocenters. The summed E-state index contributed by atoms with van der Waals surface area (Å²) in [6.45, 7) is 1.85. The average Bonchev–Trinajstić information content (AvgIpc) is 1.68. The molecule has 0 unspecified atom stereocenters. The van der Waals surface area contributed by atoms with Gasteiger partial charge in [-0.25, -0.2) is 0 Å². The molecule has 0 saturated heterocycles. The second kappa shape index (κ2) is 5.37. The number of nitrogens with one attached hydrogen (secondary N) is 1. The molecule has 2 nitrogen and oxygen atoms in total. The van der Waals surface area contributed by atoms with Crippen LogP contribution < -0.4 is 4.84 Å². The number of rotatable bonds is 2. The van der Waals surface area contributed by atoms with E-state index in [4.69, 9.17) is 11.8 Å². The first-order valence-electron chi connectivity index (χ1n) is 1.97. The van der Waals surface area contributed by atoms with Gasteiger partial charge in [0.1, 0.15) is 0 Å². The molecule has 0 radical (unpaired) electrons. The summed E-state index contributed by atoms with van der Waals surface area (Å²) in [5.41, 5.74) is 0.856. The molecule has 0 spiro atoms. The normalized spacial score (nSPS) is 12.6. The molecule has 0 aliphatic rings. The van der Waals surface area contributed by atoms with Crippen molar-refractivity contribution in [2.24, 2.45) is 4.99 Å². The average molecular weight is 244 g/mol. The van der Waals surface area contributed by atoms with E-state index in [-0.39, 0.29) is 0 Å². The van der Waals surface area contributed by atoms with Gasteiger partial charge in [0.2, 0.25) is 0 Å². The summed E-state index contributed by atoms with van der Waals surface area (Å²) < 4.78 is 1.68. The first-order valence-corrected chi connectivity index (χ1v) is 3.59. The van der Waals surface area contributed by atoms with Gasteiger partial charge >= 0.3 is 0 Å². The Morgan fingerprint density at radius 3 is 2.88 bits per heavy atom. The second-order valence-electron chi connectivity index (χ2n) is 1.12. The van der Waals surface area contributed by atoms with Crippen molar-refractivity contribution in [1.82, 2.24) is 4.84 Å². The maximum absolute atomic E-state index is 5.13.